The minimum absolute atomic E-state index is 0.176. The molecular weight excluding hydrogens is 345 g/mol. The molecule has 0 saturated heterocycles. The first-order valence-corrected chi connectivity index (χ1v) is 6.57. The summed E-state index contributed by atoms with van der Waals surface area (Å²) in [6.45, 7) is 0. The Balaban J connectivity index is 2.24. The lowest BCUT2D eigenvalue weighted by molar-refractivity contribution is -0.384. The lowest BCUT2D eigenvalue weighted by Gasteiger charge is -2.08. The molecule has 11 heteroatoms. The van der Waals surface area contributed by atoms with Gasteiger partial charge in [-0.15, -0.1) is 0 Å². The van der Waals surface area contributed by atoms with E-state index in [-0.39, 0.29) is 11.4 Å². The Labute approximate surface area is 137 Å². The van der Waals surface area contributed by atoms with Gasteiger partial charge in [0.1, 0.15) is 5.69 Å². The van der Waals surface area contributed by atoms with Crippen molar-refractivity contribution in [1.82, 2.24) is 0 Å². The molecule has 2 aromatic rings. The summed E-state index contributed by atoms with van der Waals surface area (Å²) in [6, 6.07) is 7.35. The van der Waals surface area contributed by atoms with Crippen molar-refractivity contribution in [3.05, 3.63) is 73.8 Å². The Hall–Kier alpha value is -3.50. The third-order valence-electron chi connectivity index (χ3n) is 3.00. The SMILES string of the molecule is O=[N+]([O-])c1cccc(/C=N\Nc2ccc(C(F)(F)F)cc2[N+](=O)[O-])c1. The molecule has 0 saturated carbocycles. The highest BCUT2D eigenvalue weighted by Gasteiger charge is 2.33. The molecule has 130 valence electrons. The van der Waals surface area contributed by atoms with Crippen molar-refractivity contribution in [2.45, 2.75) is 6.18 Å². The maximum absolute atomic E-state index is 12.6. The summed E-state index contributed by atoms with van der Waals surface area (Å²) in [6.07, 6.45) is -3.57. The Morgan fingerprint density at radius 3 is 2.36 bits per heavy atom. The summed E-state index contributed by atoms with van der Waals surface area (Å²) in [7, 11) is 0. The van der Waals surface area contributed by atoms with Crippen LogP contribution in [0.3, 0.4) is 0 Å². The lowest BCUT2D eigenvalue weighted by atomic mass is 10.1. The number of hydrazone groups is 1. The molecule has 0 unspecified atom stereocenters. The number of nitro groups is 2. The number of alkyl halides is 3. The molecule has 0 heterocycles. The van der Waals surface area contributed by atoms with Gasteiger partial charge in [0.15, 0.2) is 0 Å². The van der Waals surface area contributed by atoms with Crippen LogP contribution in [0.1, 0.15) is 11.1 Å². The fourth-order valence-corrected chi connectivity index (χ4v) is 1.85. The van der Waals surface area contributed by atoms with E-state index in [1.54, 1.807) is 0 Å². The van der Waals surface area contributed by atoms with Gasteiger partial charge in [0, 0.05) is 23.8 Å². The number of nitro benzene ring substituents is 2. The molecular formula is C14H9F3N4O4. The highest BCUT2D eigenvalue weighted by atomic mass is 19.4. The van der Waals surface area contributed by atoms with E-state index in [0.29, 0.717) is 17.7 Å². The van der Waals surface area contributed by atoms with Crippen LogP contribution < -0.4 is 5.43 Å². The van der Waals surface area contributed by atoms with E-state index in [9.17, 15) is 33.4 Å². The van der Waals surface area contributed by atoms with Crippen molar-refractivity contribution in [2.75, 3.05) is 5.43 Å². The number of rotatable bonds is 5. The van der Waals surface area contributed by atoms with E-state index >= 15 is 0 Å². The first-order valence-electron chi connectivity index (χ1n) is 6.57. The van der Waals surface area contributed by atoms with Crippen molar-refractivity contribution in [3.63, 3.8) is 0 Å². The number of hydrogen-bond donors (Lipinski definition) is 1. The molecule has 0 spiro atoms. The topological polar surface area (TPSA) is 111 Å². The maximum atomic E-state index is 12.6. The molecule has 0 aliphatic rings. The zero-order chi connectivity index (χ0) is 18.6. The molecule has 0 fully saturated rings. The number of halogens is 3. The summed E-state index contributed by atoms with van der Waals surface area (Å²) in [5.41, 5.74) is 0.204. The minimum Gasteiger partial charge on any atom is -0.272 e. The summed E-state index contributed by atoms with van der Waals surface area (Å²) in [5.74, 6) is 0. The normalized spacial score (nSPS) is 11.5. The third kappa shape index (κ3) is 4.50. The largest absolute Gasteiger partial charge is 0.416 e. The van der Waals surface area contributed by atoms with E-state index in [0.717, 1.165) is 12.3 Å². The highest BCUT2D eigenvalue weighted by Crippen LogP contribution is 2.34. The standard InChI is InChI=1S/C14H9F3N4O4/c15-14(16,17)10-4-5-12(13(7-10)21(24)25)19-18-8-9-2-1-3-11(6-9)20(22)23/h1-8,19H/b18-8-. The van der Waals surface area contributed by atoms with Crippen molar-refractivity contribution in [2.24, 2.45) is 5.10 Å². The van der Waals surface area contributed by atoms with E-state index in [1.165, 1.54) is 24.3 Å². The van der Waals surface area contributed by atoms with Crippen LogP contribution in [0.2, 0.25) is 0 Å². The van der Waals surface area contributed by atoms with Gasteiger partial charge in [0.05, 0.1) is 21.6 Å². The monoisotopic (exact) mass is 354 g/mol. The summed E-state index contributed by atoms with van der Waals surface area (Å²) < 4.78 is 37.8. The van der Waals surface area contributed by atoms with Gasteiger partial charge in [-0.3, -0.25) is 25.7 Å². The van der Waals surface area contributed by atoms with Gasteiger partial charge in [-0.2, -0.15) is 18.3 Å². The second kappa shape index (κ2) is 6.95. The molecule has 0 radical (unpaired) electrons. The predicted octanol–water partition coefficient (Wildman–Crippen LogP) is 3.97. The average molecular weight is 354 g/mol. The Bertz CT molecular complexity index is 852. The molecule has 2 aromatic carbocycles. The molecule has 1 N–H and O–H groups in total. The molecule has 0 aliphatic carbocycles. The molecule has 8 nitrogen and oxygen atoms in total. The summed E-state index contributed by atoms with van der Waals surface area (Å²) in [4.78, 5) is 20.0. The fraction of sp³-hybridized carbons (Fsp3) is 0.0714. The summed E-state index contributed by atoms with van der Waals surface area (Å²) >= 11 is 0. The average Bonchev–Trinajstić information content (AvgIpc) is 2.54. The quantitative estimate of drug-likeness (QED) is 0.496. The van der Waals surface area contributed by atoms with Gasteiger partial charge in [-0.25, -0.2) is 0 Å². The van der Waals surface area contributed by atoms with Crippen molar-refractivity contribution in [1.29, 1.82) is 0 Å². The van der Waals surface area contributed by atoms with Gasteiger partial charge >= 0.3 is 6.18 Å². The minimum atomic E-state index is -4.71. The predicted molar refractivity (Wildman–Crippen MR) is 82.4 cm³/mol. The van der Waals surface area contributed by atoms with Gasteiger partial charge in [-0.1, -0.05) is 12.1 Å². The molecule has 0 amide bonds. The van der Waals surface area contributed by atoms with Crippen LogP contribution in [-0.2, 0) is 6.18 Å². The zero-order valence-corrected chi connectivity index (χ0v) is 12.2. The van der Waals surface area contributed by atoms with Crippen LogP contribution in [0.15, 0.2) is 47.6 Å². The van der Waals surface area contributed by atoms with Crippen LogP contribution in [0.25, 0.3) is 0 Å². The fourth-order valence-electron chi connectivity index (χ4n) is 1.85. The second-order valence-corrected chi connectivity index (χ2v) is 4.71. The number of nitrogens with zero attached hydrogens (tertiary/aromatic N) is 3. The van der Waals surface area contributed by atoms with E-state index in [2.05, 4.69) is 10.5 Å². The number of hydrogen-bond acceptors (Lipinski definition) is 6. The van der Waals surface area contributed by atoms with Crippen LogP contribution in [0, 0.1) is 20.2 Å². The molecule has 0 atom stereocenters. The number of anilines is 1. The first kappa shape index (κ1) is 17.8. The number of non-ortho nitro benzene ring substituents is 1. The van der Waals surface area contributed by atoms with E-state index in [1.807, 2.05) is 0 Å². The van der Waals surface area contributed by atoms with Crippen LogP contribution in [0.4, 0.5) is 30.2 Å². The van der Waals surface area contributed by atoms with Crippen LogP contribution in [-0.4, -0.2) is 16.1 Å². The molecule has 0 bridgehead atoms. The van der Waals surface area contributed by atoms with Gasteiger partial charge < -0.3 is 0 Å². The van der Waals surface area contributed by atoms with Crippen molar-refractivity contribution >= 4 is 23.3 Å². The van der Waals surface area contributed by atoms with E-state index in [4.69, 9.17) is 0 Å². The number of nitrogens with one attached hydrogen (secondary N) is 1. The van der Waals surface area contributed by atoms with E-state index < -0.39 is 27.3 Å². The third-order valence-corrected chi connectivity index (χ3v) is 3.00. The second-order valence-electron chi connectivity index (χ2n) is 4.71. The molecule has 25 heavy (non-hydrogen) atoms. The molecule has 0 aromatic heterocycles. The van der Waals surface area contributed by atoms with Crippen molar-refractivity contribution < 1.29 is 23.0 Å². The summed E-state index contributed by atoms with van der Waals surface area (Å²) in [5, 5.41) is 25.2. The van der Waals surface area contributed by atoms with Gasteiger partial charge in [-0.05, 0) is 12.1 Å². The van der Waals surface area contributed by atoms with Crippen molar-refractivity contribution in [3.8, 4) is 0 Å². The Kier molecular flexibility index (Phi) is 4.96. The van der Waals surface area contributed by atoms with Gasteiger partial charge in [0.25, 0.3) is 11.4 Å². The van der Waals surface area contributed by atoms with Crippen LogP contribution in [0.5, 0.6) is 0 Å². The highest BCUT2D eigenvalue weighted by molar-refractivity contribution is 5.81. The zero-order valence-electron chi connectivity index (χ0n) is 12.2. The Morgan fingerprint density at radius 2 is 1.76 bits per heavy atom. The molecule has 2 rings (SSSR count). The lowest BCUT2D eigenvalue weighted by Crippen LogP contribution is -2.06. The van der Waals surface area contributed by atoms with Crippen LogP contribution >= 0.6 is 0 Å². The molecule has 0 aliphatic heterocycles. The van der Waals surface area contributed by atoms with Gasteiger partial charge in [0.2, 0.25) is 0 Å². The first-order chi connectivity index (χ1) is 11.7. The number of benzene rings is 2. The maximum Gasteiger partial charge on any atom is 0.416 e. The Morgan fingerprint density at radius 1 is 1.04 bits per heavy atom. The smallest absolute Gasteiger partial charge is 0.272 e.